The lowest BCUT2D eigenvalue weighted by molar-refractivity contribution is -0.132. The summed E-state index contributed by atoms with van der Waals surface area (Å²) < 4.78 is 0. The number of aryl methyl sites for hydroxylation is 1. The zero-order valence-corrected chi connectivity index (χ0v) is 13.3. The average Bonchev–Trinajstić information content (AvgIpc) is 2.84. The standard InChI is InChI=1S/C18H26N2O/c1-12-8-6-10-16(14(12)3)20-17(21)11-19-18(20)15-9-5-4-7-13(15)2/h4-5,7,9,12,14,16,18-19H,6,8,10-11H2,1-3H3. The van der Waals surface area contributed by atoms with E-state index in [9.17, 15) is 4.79 Å². The summed E-state index contributed by atoms with van der Waals surface area (Å²) in [4.78, 5) is 14.6. The van der Waals surface area contributed by atoms with Crippen LogP contribution in [0.5, 0.6) is 0 Å². The maximum absolute atomic E-state index is 12.5. The number of hydrogen-bond acceptors (Lipinski definition) is 2. The molecule has 114 valence electrons. The summed E-state index contributed by atoms with van der Waals surface area (Å²) in [5, 5.41) is 3.42. The highest BCUT2D eigenvalue weighted by Crippen LogP contribution is 2.38. The number of benzene rings is 1. The van der Waals surface area contributed by atoms with Crippen LogP contribution in [-0.4, -0.2) is 23.4 Å². The van der Waals surface area contributed by atoms with E-state index in [1.807, 2.05) is 0 Å². The highest BCUT2D eigenvalue weighted by atomic mass is 16.2. The second-order valence-electron chi connectivity index (χ2n) is 6.78. The van der Waals surface area contributed by atoms with E-state index in [0.29, 0.717) is 24.4 Å². The van der Waals surface area contributed by atoms with Gasteiger partial charge in [0.25, 0.3) is 0 Å². The van der Waals surface area contributed by atoms with Gasteiger partial charge < -0.3 is 4.90 Å². The molecular formula is C18H26N2O. The molecule has 0 spiro atoms. The minimum Gasteiger partial charge on any atom is -0.319 e. The molecule has 0 radical (unpaired) electrons. The quantitative estimate of drug-likeness (QED) is 0.905. The fourth-order valence-electron chi connectivity index (χ4n) is 3.99. The van der Waals surface area contributed by atoms with Gasteiger partial charge in [0.15, 0.2) is 0 Å². The summed E-state index contributed by atoms with van der Waals surface area (Å²) in [6.07, 6.45) is 3.72. The first-order valence-corrected chi connectivity index (χ1v) is 8.19. The van der Waals surface area contributed by atoms with Crippen molar-refractivity contribution in [3.63, 3.8) is 0 Å². The summed E-state index contributed by atoms with van der Waals surface area (Å²) in [6.45, 7) is 7.24. The van der Waals surface area contributed by atoms with Crippen molar-refractivity contribution in [1.82, 2.24) is 10.2 Å². The lowest BCUT2D eigenvalue weighted by Crippen LogP contribution is -2.46. The second kappa shape index (κ2) is 5.80. The molecule has 1 aromatic carbocycles. The highest BCUT2D eigenvalue weighted by molar-refractivity contribution is 5.81. The Kier molecular flexibility index (Phi) is 4.03. The van der Waals surface area contributed by atoms with Gasteiger partial charge in [-0.3, -0.25) is 10.1 Å². The van der Waals surface area contributed by atoms with Crippen molar-refractivity contribution in [2.75, 3.05) is 6.54 Å². The molecular weight excluding hydrogens is 260 g/mol. The first-order chi connectivity index (χ1) is 10.1. The Labute approximate surface area is 127 Å². The Bertz CT molecular complexity index is 528. The molecule has 21 heavy (non-hydrogen) atoms. The van der Waals surface area contributed by atoms with Gasteiger partial charge in [-0.2, -0.15) is 0 Å². The molecule has 0 aromatic heterocycles. The normalized spacial score (nSPS) is 33.5. The van der Waals surface area contributed by atoms with Crippen molar-refractivity contribution in [3.05, 3.63) is 35.4 Å². The van der Waals surface area contributed by atoms with Crippen LogP contribution in [-0.2, 0) is 4.79 Å². The first-order valence-electron chi connectivity index (χ1n) is 8.19. The zero-order chi connectivity index (χ0) is 15.0. The van der Waals surface area contributed by atoms with Crippen molar-refractivity contribution in [3.8, 4) is 0 Å². The molecule has 1 N–H and O–H groups in total. The molecule has 1 aromatic rings. The van der Waals surface area contributed by atoms with E-state index in [2.05, 4.69) is 55.3 Å². The Morgan fingerprint density at radius 3 is 2.71 bits per heavy atom. The van der Waals surface area contributed by atoms with Gasteiger partial charge >= 0.3 is 0 Å². The van der Waals surface area contributed by atoms with Gasteiger partial charge in [-0.1, -0.05) is 51.0 Å². The van der Waals surface area contributed by atoms with E-state index in [0.717, 1.165) is 6.42 Å². The summed E-state index contributed by atoms with van der Waals surface area (Å²) in [6, 6.07) is 8.78. The smallest absolute Gasteiger partial charge is 0.238 e. The Morgan fingerprint density at radius 2 is 1.95 bits per heavy atom. The second-order valence-corrected chi connectivity index (χ2v) is 6.78. The van der Waals surface area contributed by atoms with Crippen LogP contribution in [0, 0.1) is 18.8 Å². The molecule has 0 bridgehead atoms. The monoisotopic (exact) mass is 286 g/mol. The molecule has 1 saturated carbocycles. The van der Waals surface area contributed by atoms with Crippen LogP contribution < -0.4 is 5.32 Å². The minimum atomic E-state index is 0.0523. The van der Waals surface area contributed by atoms with E-state index >= 15 is 0 Å². The molecule has 4 atom stereocenters. The summed E-state index contributed by atoms with van der Waals surface area (Å²) in [5.41, 5.74) is 2.50. The van der Waals surface area contributed by atoms with Crippen molar-refractivity contribution >= 4 is 5.91 Å². The zero-order valence-electron chi connectivity index (χ0n) is 13.3. The van der Waals surface area contributed by atoms with Crippen LogP contribution >= 0.6 is 0 Å². The maximum atomic E-state index is 12.5. The lowest BCUT2D eigenvalue weighted by Gasteiger charge is -2.42. The SMILES string of the molecule is Cc1ccccc1C1NCC(=O)N1C1CCCC(C)C1C. The molecule has 3 heteroatoms. The third kappa shape index (κ3) is 2.59. The van der Waals surface area contributed by atoms with Crippen molar-refractivity contribution in [2.45, 2.75) is 52.2 Å². The van der Waals surface area contributed by atoms with Crippen LogP contribution in [0.15, 0.2) is 24.3 Å². The summed E-state index contributed by atoms with van der Waals surface area (Å²) in [5.74, 6) is 1.54. The predicted molar refractivity (Wildman–Crippen MR) is 84.7 cm³/mol. The molecule has 4 unspecified atom stereocenters. The van der Waals surface area contributed by atoms with Crippen LogP contribution in [0.2, 0.25) is 0 Å². The largest absolute Gasteiger partial charge is 0.319 e. The predicted octanol–water partition coefficient (Wildman–Crippen LogP) is 3.25. The molecule has 2 aliphatic rings. The number of nitrogens with zero attached hydrogens (tertiary/aromatic N) is 1. The topological polar surface area (TPSA) is 32.3 Å². The van der Waals surface area contributed by atoms with Crippen LogP contribution in [0.1, 0.15) is 50.4 Å². The van der Waals surface area contributed by atoms with Gasteiger partial charge in [0, 0.05) is 6.04 Å². The van der Waals surface area contributed by atoms with Crippen LogP contribution in [0.4, 0.5) is 0 Å². The molecule has 1 amide bonds. The number of carbonyl (C=O) groups is 1. The summed E-state index contributed by atoms with van der Waals surface area (Å²) in [7, 11) is 0. The van der Waals surface area contributed by atoms with Crippen LogP contribution in [0.3, 0.4) is 0 Å². The van der Waals surface area contributed by atoms with Gasteiger partial charge in [0.2, 0.25) is 5.91 Å². The highest BCUT2D eigenvalue weighted by Gasteiger charge is 2.41. The van der Waals surface area contributed by atoms with E-state index in [1.54, 1.807) is 0 Å². The molecule has 2 fully saturated rings. The van der Waals surface area contributed by atoms with Gasteiger partial charge in [0.05, 0.1) is 6.54 Å². The Hall–Kier alpha value is -1.35. The van der Waals surface area contributed by atoms with Crippen molar-refractivity contribution < 1.29 is 4.79 Å². The van der Waals surface area contributed by atoms with Gasteiger partial charge in [-0.25, -0.2) is 0 Å². The van der Waals surface area contributed by atoms with E-state index in [4.69, 9.17) is 0 Å². The minimum absolute atomic E-state index is 0.0523. The molecule has 3 nitrogen and oxygen atoms in total. The van der Waals surface area contributed by atoms with Gasteiger partial charge in [-0.05, 0) is 36.3 Å². The number of rotatable bonds is 2. The Morgan fingerprint density at radius 1 is 1.19 bits per heavy atom. The Balaban J connectivity index is 1.91. The fraction of sp³-hybridized carbons (Fsp3) is 0.611. The number of carbonyl (C=O) groups excluding carboxylic acids is 1. The molecule has 1 heterocycles. The number of hydrogen-bond donors (Lipinski definition) is 1. The van der Waals surface area contributed by atoms with Gasteiger partial charge in [0.1, 0.15) is 6.17 Å². The lowest BCUT2D eigenvalue weighted by atomic mass is 9.77. The molecule has 1 saturated heterocycles. The number of amides is 1. The summed E-state index contributed by atoms with van der Waals surface area (Å²) >= 11 is 0. The molecule has 3 rings (SSSR count). The average molecular weight is 286 g/mol. The van der Waals surface area contributed by atoms with E-state index in [1.165, 1.54) is 24.0 Å². The van der Waals surface area contributed by atoms with Crippen molar-refractivity contribution in [2.24, 2.45) is 11.8 Å². The van der Waals surface area contributed by atoms with Gasteiger partial charge in [-0.15, -0.1) is 0 Å². The van der Waals surface area contributed by atoms with Crippen molar-refractivity contribution in [1.29, 1.82) is 0 Å². The molecule has 1 aliphatic heterocycles. The van der Waals surface area contributed by atoms with E-state index in [-0.39, 0.29) is 12.1 Å². The first kappa shape index (κ1) is 14.6. The third-order valence-electron chi connectivity index (χ3n) is 5.52. The van der Waals surface area contributed by atoms with E-state index < -0.39 is 0 Å². The fourth-order valence-corrected chi connectivity index (χ4v) is 3.99. The third-order valence-corrected chi connectivity index (χ3v) is 5.52. The molecule has 1 aliphatic carbocycles. The van der Waals surface area contributed by atoms with Crippen LogP contribution in [0.25, 0.3) is 0 Å². The number of nitrogens with one attached hydrogen (secondary N) is 1. The maximum Gasteiger partial charge on any atom is 0.238 e.